The molecule has 112 valence electrons. The van der Waals surface area contributed by atoms with Gasteiger partial charge in [-0.1, -0.05) is 49.2 Å². The van der Waals surface area contributed by atoms with Gasteiger partial charge in [-0.15, -0.1) is 0 Å². The van der Waals surface area contributed by atoms with Crippen molar-refractivity contribution in [2.45, 2.75) is 39.5 Å². The minimum absolute atomic E-state index is 0.205. The van der Waals surface area contributed by atoms with Crippen LogP contribution in [0.3, 0.4) is 0 Å². The number of benzene rings is 1. The number of Topliss-reactive ketones (excluding diaryl/α,β-unsaturated/α-hetero) is 1. The summed E-state index contributed by atoms with van der Waals surface area (Å²) in [6.45, 7) is 5.04. The third-order valence-electron chi connectivity index (χ3n) is 3.69. The van der Waals surface area contributed by atoms with Gasteiger partial charge < -0.3 is 5.73 Å². The molecule has 0 bridgehead atoms. The fourth-order valence-electron chi connectivity index (χ4n) is 2.36. The number of halogens is 2. The Hall–Kier alpha value is -0.570. The maximum atomic E-state index is 12.1. The zero-order chi connectivity index (χ0) is 15.1. The zero-order valence-corrected chi connectivity index (χ0v) is 13.7. The van der Waals surface area contributed by atoms with E-state index in [0.29, 0.717) is 41.3 Å². The largest absolute Gasteiger partial charge is 0.330 e. The lowest BCUT2D eigenvalue weighted by Gasteiger charge is -2.19. The van der Waals surface area contributed by atoms with Crippen LogP contribution in [0.1, 0.15) is 38.7 Å². The first-order valence-corrected chi connectivity index (χ1v) is 7.86. The molecule has 0 heterocycles. The van der Waals surface area contributed by atoms with Gasteiger partial charge >= 0.3 is 0 Å². The van der Waals surface area contributed by atoms with Gasteiger partial charge in [-0.25, -0.2) is 0 Å². The van der Waals surface area contributed by atoms with Crippen LogP contribution in [-0.4, -0.2) is 12.3 Å². The van der Waals surface area contributed by atoms with Gasteiger partial charge in [0.1, 0.15) is 5.78 Å². The molecule has 0 aliphatic heterocycles. The molecule has 2 nitrogen and oxygen atoms in total. The third-order valence-corrected chi connectivity index (χ3v) is 4.55. The summed E-state index contributed by atoms with van der Waals surface area (Å²) in [4.78, 5) is 12.1. The van der Waals surface area contributed by atoms with E-state index < -0.39 is 0 Å². The molecule has 4 heteroatoms. The average Bonchev–Trinajstić information content (AvgIpc) is 2.39. The SMILES string of the molecule is CC(C)C(CCN)CCC(=O)Cc1cccc(Cl)c1Cl. The smallest absolute Gasteiger partial charge is 0.137 e. The summed E-state index contributed by atoms with van der Waals surface area (Å²) in [6.07, 6.45) is 2.80. The van der Waals surface area contributed by atoms with Crippen molar-refractivity contribution in [2.24, 2.45) is 17.6 Å². The highest BCUT2D eigenvalue weighted by molar-refractivity contribution is 6.42. The molecule has 0 saturated carbocycles. The molecule has 1 aromatic carbocycles. The molecule has 0 fully saturated rings. The van der Waals surface area contributed by atoms with Crippen molar-refractivity contribution in [3.05, 3.63) is 33.8 Å². The molecule has 1 atom stereocenters. The van der Waals surface area contributed by atoms with E-state index in [1.165, 1.54) is 0 Å². The highest BCUT2D eigenvalue weighted by Crippen LogP contribution is 2.27. The van der Waals surface area contributed by atoms with Crippen molar-refractivity contribution in [1.29, 1.82) is 0 Å². The number of carbonyl (C=O) groups is 1. The Bertz CT molecular complexity index is 446. The van der Waals surface area contributed by atoms with Gasteiger partial charge in [0.2, 0.25) is 0 Å². The van der Waals surface area contributed by atoms with Gasteiger partial charge in [0.25, 0.3) is 0 Å². The third kappa shape index (κ3) is 5.43. The van der Waals surface area contributed by atoms with E-state index in [1.807, 2.05) is 12.1 Å². The van der Waals surface area contributed by atoms with Crippen LogP contribution in [0.2, 0.25) is 10.0 Å². The summed E-state index contributed by atoms with van der Waals surface area (Å²) in [5, 5.41) is 0.991. The topological polar surface area (TPSA) is 43.1 Å². The van der Waals surface area contributed by atoms with Crippen LogP contribution < -0.4 is 5.73 Å². The molecule has 1 aromatic rings. The second kappa shape index (κ2) is 8.66. The number of nitrogens with two attached hydrogens (primary N) is 1. The van der Waals surface area contributed by atoms with E-state index in [9.17, 15) is 4.79 Å². The van der Waals surface area contributed by atoms with Crippen LogP contribution in [0.5, 0.6) is 0 Å². The van der Waals surface area contributed by atoms with Gasteiger partial charge in [-0.05, 0) is 42.9 Å². The van der Waals surface area contributed by atoms with Crippen molar-refractivity contribution in [1.82, 2.24) is 0 Å². The van der Waals surface area contributed by atoms with Crippen molar-refractivity contribution in [3.63, 3.8) is 0 Å². The number of rotatable bonds is 8. The molecule has 0 aliphatic carbocycles. The van der Waals surface area contributed by atoms with Crippen LogP contribution in [0, 0.1) is 11.8 Å². The monoisotopic (exact) mass is 315 g/mol. The van der Waals surface area contributed by atoms with Crippen LogP contribution >= 0.6 is 23.2 Å². The van der Waals surface area contributed by atoms with Crippen molar-refractivity contribution >= 4 is 29.0 Å². The Kier molecular flexibility index (Phi) is 7.57. The highest BCUT2D eigenvalue weighted by atomic mass is 35.5. The first kappa shape index (κ1) is 17.5. The van der Waals surface area contributed by atoms with E-state index in [4.69, 9.17) is 28.9 Å². The summed E-state index contributed by atoms with van der Waals surface area (Å²) in [5.74, 6) is 1.27. The van der Waals surface area contributed by atoms with Crippen LogP contribution in [0.25, 0.3) is 0 Å². The average molecular weight is 316 g/mol. The number of carbonyl (C=O) groups excluding carboxylic acids is 1. The van der Waals surface area contributed by atoms with Gasteiger partial charge in [0, 0.05) is 12.8 Å². The predicted molar refractivity (Wildman–Crippen MR) is 86.4 cm³/mol. The summed E-state index contributed by atoms with van der Waals surface area (Å²) < 4.78 is 0. The van der Waals surface area contributed by atoms with Crippen molar-refractivity contribution in [2.75, 3.05) is 6.54 Å². The zero-order valence-electron chi connectivity index (χ0n) is 12.2. The van der Waals surface area contributed by atoms with E-state index in [1.54, 1.807) is 6.07 Å². The number of hydrogen-bond acceptors (Lipinski definition) is 2. The summed E-state index contributed by atoms with van der Waals surface area (Å²) >= 11 is 12.0. The lowest BCUT2D eigenvalue weighted by molar-refractivity contribution is -0.118. The molecule has 0 radical (unpaired) electrons. The second-order valence-electron chi connectivity index (χ2n) is 5.55. The molecule has 0 aliphatic rings. The Morgan fingerprint density at radius 1 is 1.25 bits per heavy atom. The molecular weight excluding hydrogens is 293 g/mol. The normalized spacial score (nSPS) is 12.7. The van der Waals surface area contributed by atoms with Crippen molar-refractivity contribution in [3.8, 4) is 0 Å². The first-order chi connectivity index (χ1) is 9.45. The van der Waals surface area contributed by atoms with E-state index in [2.05, 4.69) is 13.8 Å². The Labute approximate surface area is 131 Å². The molecule has 0 aromatic heterocycles. The number of ketones is 1. The fraction of sp³-hybridized carbons (Fsp3) is 0.562. The molecular formula is C16H23Cl2NO. The Morgan fingerprint density at radius 3 is 2.55 bits per heavy atom. The second-order valence-corrected chi connectivity index (χ2v) is 6.33. The number of hydrogen-bond donors (Lipinski definition) is 1. The van der Waals surface area contributed by atoms with Gasteiger partial charge in [-0.3, -0.25) is 4.79 Å². The molecule has 2 N–H and O–H groups in total. The quantitative estimate of drug-likeness (QED) is 0.767. The van der Waals surface area contributed by atoms with Gasteiger partial charge in [0.15, 0.2) is 0 Å². The highest BCUT2D eigenvalue weighted by Gasteiger charge is 2.15. The first-order valence-electron chi connectivity index (χ1n) is 7.10. The van der Waals surface area contributed by atoms with E-state index in [-0.39, 0.29) is 5.78 Å². The maximum absolute atomic E-state index is 12.1. The van der Waals surface area contributed by atoms with Gasteiger partial charge in [0.05, 0.1) is 10.0 Å². The lowest BCUT2D eigenvalue weighted by Crippen LogP contribution is -2.16. The van der Waals surface area contributed by atoms with Gasteiger partial charge in [-0.2, -0.15) is 0 Å². The van der Waals surface area contributed by atoms with Crippen LogP contribution in [0.15, 0.2) is 18.2 Å². The Morgan fingerprint density at radius 2 is 1.95 bits per heavy atom. The summed E-state index contributed by atoms with van der Waals surface area (Å²) in [5.41, 5.74) is 6.43. The lowest BCUT2D eigenvalue weighted by atomic mass is 9.87. The minimum Gasteiger partial charge on any atom is -0.330 e. The minimum atomic E-state index is 0.205. The fourth-order valence-corrected chi connectivity index (χ4v) is 2.74. The van der Waals surface area contributed by atoms with E-state index >= 15 is 0 Å². The predicted octanol–water partition coefficient (Wildman–Crippen LogP) is 4.51. The molecule has 0 saturated heterocycles. The van der Waals surface area contributed by atoms with Crippen LogP contribution in [0.4, 0.5) is 0 Å². The van der Waals surface area contributed by atoms with E-state index in [0.717, 1.165) is 18.4 Å². The Balaban J connectivity index is 2.53. The molecule has 1 rings (SSSR count). The van der Waals surface area contributed by atoms with Crippen LogP contribution in [-0.2, 0) is 11.2 Å². The standard InChI is InChI=1S/C16H23Cl2NO/c1-11(2)12(8-9-19)6-7-14(20)10-13-4-3-5-15(17)16(13)18/h3-5,11-12H,6-10,19H2,1-2H3. The molecule has 0 amide bonds. The molecule has 1 unspecified atom stereocenters. The maximum Gasteiger partial charge on any atom is 0.137 e. The summed E-state index contributed by atoms with van der Waals surface area (Å²) in [6, 6.07) is 5.40. The molecule has 0 spiro atoms. The molecule has 20 heavy (non-hydrogen) atoms. The summed E-state index contributed by atoms with van der Waals surface area (Å²) in [7, 11) is 0. The van der Waals surface area contributed by atoms with Crippen molar-refractivity contribution < 1.29 is 4.79 Å².